The number of thioether (sulfide) groups is 1. The fourth-order valence-corrected chi connectivity index (χ4v) is 3.78. The lowest BCUT2D eigenvalue weighted by Crippen LogP contribution is -2.19. The highest BCUT2D eigenvalue weighted by atomic mass is 35.5. The first-order chi connectivity index (χ1) is 13.5. The maximum Gasteiger partial charge on any atom is 0.285 e. The third kappa shape index (κ3) is 5.72. The van der Waals surface area contributed by atoms with Gasteiger partial charge in [0.25, 0.3) is 11.9 Å². The topological polar surface area (TPSA) is 116 Å². The number of benzene rings is 1. The lowest BCUT2D eigenvalue weighted by molar-refractivity contribution is -0.118. The minimum absolute atomic E-state index is 0.148. The van der Waals surface area contributed by atoms with Gasteiger partial charge in [0.2, 0.25) is 5.13 Å². The second kappa shape index (κ2) is 9.58. The van der Waals surface area contributed by atoms with E-state index in [0.717, 1.165) is 11.1 Å². The molecule has 8 nitrogen and oxygen atoms in total. The van der Waals surface area contributed by atoms with Crippen LogP contribution in [0, 0.1) is 6.92 Å². The van der Waals surface area contributed by atoms with Gasteiger partial charge in [0.15, 0.2) is 10.1 Å². The summed E-state index contributed by atoms with van der Waals surface area (Å²) >= 11 is 8.63. The molecule has 146 valence electrons. The summed E-state index contributed by atoms with van der Waals surface area (Å²) in [7, 11) is 0. The van der Waals surface area contributed by atoms with Gasteiger partial charge in [-0.25, -0.2) is 5.43 Å². The van der Waals surface area contributed by atoms with Crippen molar-refractivity contribution in [3.8, 4) is 5.95 Å². The summed E-state index contributed by atoms with van der Waals surface area (Å²) < 4.78 is 11.7. The molecule has 28 heavy (non-hydrogen) atoms. The number of ether oxygens (including phenoxy) is 1. The van der Waals surface area contributed by atoms with Crippen molar-refractivity contribution >= 4 is 52.0 Å². The number of aryl methyl sites for hydroxylation is 1. The van der Waals surface area contributed by atoms with Crippen molar-refractivity contribution in [3.63, 3.8) is 0 Å². The molecule has 3 aromatic rings. The van der Waals surface area contributed by atoms with Crippen molar-refractivity contribution in [2.75, 3.05) is 11.5 Å². The molecule has 0 spiro atoms. The van der Waals surface area contributed by atoms with Gasteiger partial charge >= 0.3 is 0 Å². The molecule has 0 atom stereocenters. The predicted octanol–water partition coefficient (Wildman–Crippen LogP) is 3.50. The zero-order valence-electron chi connectivity index (χ0n) is 14.7. The summed E-state index contributed by atoms with van der Waals surface area (Å²) in [5, 5.41) is 12.4. The molecule has 0 aliphatic carbocycles. The molecule has 0 saturated carbocycles. The first kappa shape index (κ1) is 20.2. The summed E-state index contributed by atoms with van der Waals surface area (Å²) in [6.07, 6.45) is 1.39. The standard InChI is InChI=1S/C17H16ClN5O3S2/c1-10-3-2-4-13(18)12(10)8-25-15-6-5-11(26-15)7-20-21-14(24)9-27-17-23-22-16(19)28-17/h2-7H,8-9H2,1H3,(H2,19,22)(H,21,24)/b20-7+. The molecule has 2 heterocycles. The predicted molar refractivity (Wildman–Crippen MR) is 110 cm³/mol. The molecule has 3 N–H and O–H groups in total. The normalized spacial score (nSPS) is 11.1. The van der Waals surface area contributed by atoms with E-state index < -0.39 is 0 Å². The van der Waals surface area contributed by atoms with Crippen LogP contribution in [0.3, 0.4) is 0 Å². The molecule has 0 fully saturated rings. The molecule has 1 aromatic carbocycles. The Hall–Kier alpha value is -2.56. The number of rotatable bonds is 8. The molecule has 0 unspecified atom stereocenters. The van der Waals surface area contributed by atoms with E-state index in [0.29, 0.717) is 32.8 Å². The van der Waals surface area contributed by atoms with Crippen molar-refractivity contribution in [3.05, 3.63) is 52.2 Å². The number of halogens is 1. The Morgan fingerprint density at radius 2 is 2.29 bits per heavy atom. The number of nitrogens with two attached hydrogens (primary N) is 1. The monoisotopic (exact) mass is 437 g/mol. The molecule has 2 aromatic heterocycles. The summed E-state index contributed by atoms with van der Waals surface area (Å²) in [6, 6.07) is 9.02. The summed E-state index contributed by atoms with van der Waals surface area (Å²) in [4.78, 5) is 11.8. The van der Waals surface area contributed by atoms with Gasteiger partial charge in [-0.3, -0.25) is 4.79 Å². The van der Waals surface area contributed by atoms with Crippen molar-refractivity contribution in [2.24, 2.45) is 5.10 Å². The molecule has 0 aliphatic heterocycles. The maximum absolute atomic E-state index is 11.8. The number of nitrogens with zero attached hydrogens (tertiary/aromatic N) is 3. The molecule has 0 aliphatic rings. The number of aromatic nitrogens is 2. The molecule has 0 bridgehead atoms. The van der Waals surface area contributed by atoms with Crippen LogP contribution in [0.2, 0.25) is 5.02 Å². The van der Waals surface area contributed by atoms with Crippen molar-refractivity contribution in [2.45, 2.75) is 17.9 Å². The number of nitrogens with one attached hydrogen (secondary N) is 1. The molecule has 0 saturated heterocycles. The molecule has 11 heteroatoms. The molecule has 1 amide bonds. The highest BCUT2D eigenvalue weighted by Gasteiger charge is 2.08. The van der Waals surface area contributed by atoms with Crippen LogP contribution in [0.25, 0.3) is 0 Å². The van der Waals surface area contributed by atoms with Gasteiger partial charge in [0.1, 0.15) is 6.61 Å². The highest BCUT2D eigenvalue weighted by molar-refractivity contribution is 8.01. The minimum Gasteiger partial charge on any atom is -0.460 e. The zero-order chi connectivity index (χ0) is 19.9. The molecular weight excluding hydrogens is 422 g/mol. The number of hydrazone groups is 1. The number of anilines is 1. The van der Waals surface area contributed by atoms with Crippen LogP contribution in [-0.4, -0.2) is 28.1 Å². The summed E-state index contributed by atoms with van der Waals surface area (Å²) in [6.45, 7) is 2.26. The number of carbonyl (C=O) groups is 1. The lowest BCUT2D eigenvalue weighted by Gasteiger charge is -2.08. The van der Waals surface area contributed by atoms with Crippen LogP contribution in [0.1, 0.15) is 16.9 Å². The van der Waals surface area contributed by atoms with E-state index in [2.05, 4.69) is 20.7 Å². The fraction of sp³-hybridized carbons (Fsp3) is 0.176. The first-order valence-corrected chi connectivity index (χ1v) is 10.2. The van der Waals surface area contributed by atoms with Gasteiger partial charge in [0, 0.05) is 16.7 Å². The average Bonchev–Trinajstić information content (AvgIpc) is 3.28. The number of furan rings is 1. The Balaban J connectivity index is 1.45. The smallest absolute Gasteiger partial charge is 0.285 e. The van der Waals surface area contributed by atoms with E-state index in [1.165, 1.54) is 29.3 Å². The Morgan fingerprint density at radius 1 is 1.43 bits per heavy atom. The number of hydrogen-bond donors (Lipinski definition) is 2. The van der Waals surface area contributed by atoms with Gasteiger partial charge in [-0.05, 0) is 24.6 Å². The Kier molecular flexibility index (Phi) is 6.90. The number of carbonyl (C=O) groups excluding carboxylic acids is 1. The third-order valence-corrected chi connectivity index (χ3v) is 5.68. The Morgan fingerprint density at radius 3 is 3.04 bits per heavy atom. The average molecular weight is 438 g/mol. The molecular formula is C17H16ClN5O3S2. The quantitative estimate of drug-likeness (QED) is 0.314. The van der Waals surface area contributed by atoms with E-state index in [1.807, 2.05) is 25.1 Å². The lowest BCUT2D eigenvalue weighted by atomic mass is 10.1. The largest absolute Gasteiger partial charge is 0.460 e. The summed E-state index contributed by atoms with van der Waals surface area (Å²) in [5.74, 6) is 0.634. The number of nitrogen functional groups attached to an aromatic ring is 1. The van der Waals surface area contributed by atoms with Gasteiger partial charge in [-0.1, -0.05) is 46.8 Å². The van der Waals surface area contributed by atoms with Crippen LogP contribution in [-0.2, 0) is 11.4 Å². The van der Waals surface area contributed by atoms with Gasteiger partial charge in [-0.15, -0.1) is 10.2 Å². The van der Waals surface area contributed by atoms with Gasteiger partial charge in [-0.2, -0.15) is 5.10 Å². The first-order valence-electron chi connectivity index (χ1n) is 8.01. The minimum atomic E-state index is -0.285. The third-order valence-electron chi connectivity index (χ3n) is 3.44. The molecule has 0 radical (unpaired) electrons. The molecule has 3 rings (SSSR count). The van der Waals surface area contributed by atoms with Crippen LogP contribution in [0.5, 0.6) is 5.95 Å². The van der Waals surface area contributed by atoms with Crippen molar-refractivity contribution < 1.29 is 13.9 Å². The number of hydrogen-bond acceptors (Lipinski definition) is 9. The second-order valence-corrected chi connectivity index (χ2v) is 8.11. The van der Waals surface area contributed by atoms with Gasteiger partial charge < -0.3 is 14.9 Å². The highest BCUT2D eigenvalue weighted by Crippen LogP contribution is 2.24. The zero-order valence-corrected chi connectivity index (χ0v) is 17.1. The SMILES string of the molecule is Cc1cccc(Cl)c1COc1ccc(/C=N/NC(=O)CSc2nnc(N)s2)o1. The van der Waals surface area contributed by atoms with E-state index in [4.69, 9.17) is 26.5 Å². The maximum atomic E-state index is 11.8. The van der Waals surface area contributed by atoms with E-state index in [1.54, 1.807) is 12.1 Å². The van der Waals surface area contributed by atoms with E-state index in [-0.39, 0.29) is 11.7 Å². The fourth-order valence-electron chi connectivity index (χ4n) is 2.08. The van der Waals surface area contributed by atoms with Crippen LogP contribution in [0.15, 0.2) is 44.2 Å². The van der Waals surface area contributed by atoms with Crippen LogP contribution in [0.4, 0.5) is 5.13 Å². The van der Waals surface area contributed by atoms with Gasteiger partial charge in [0.05, 0.1) is 12.0 Å². The van der Waals surface area contributed by atoms with Crippen LogP contribution >= 0.6 is 34.7 Å². The van der Waals surface area contributed by atoms with Crippen LogP contribution < -0.4 is 15.9 Å². The van der Waals surface area contributed by atoms with E-state index >= 15 is 0 Å². The summed E-state index contributed by atoms with van der Waals surface area (Å²) in [5.41, 5.74) is 9.83. The van der Waals surface area contributed by atoms with E-state index in [9.17, 15) is 4.79 Å². The van der Waals surface area contributed by atoms with Crippen molar-refractivity contribution in [1.82, 2.24) is 15.6 Å². The number of amides is 1. The van der Waals surface area contributed by atoms with Crippen molar-refractivity contribution in [1.29, 1.82) is 0 Å². The second-order valence-electron chi connectivity index (χ2n) is 5.47. The Labute approximate surface area is 174 Å². The Bertz CT molecular complexity index is 969.